The topological polar surface area (TPSA) is 77.1 Å². The van der Waals surface area contributed by atoms with E-state index < -0.39 is 12.7 Å². The second-order valence-electron chi connectivity index (χ2n) is 7.00. The molecule has 1 saturated heterocycles. The first kappa shape index (κ1) is 19.9. The van der Waals surface area contributed by atoms with Crippen LogP contribution in [0.25, 0.3) is 0 Å². The summed E-state index contributed by atoms with van der Waals surface area (Å²) in [7, 11) is 0. The first-order chi connectivity index (χ1) is 14.5. The largest absolute Gasteiger partial charge is 0.454 e. The van der Waals surface area contributed by atoms with Gasteiger partial charge in [0.25, 0.3) is 0 Å². The van der Waals surface area contributed by atoms with E-state index >= 15 is 0 Å². The van der Waals surface area contributed by atoms with Crippen molar-refractivity contribution in [3.8, 4) is 17.2 Å². The minimum Gasteiger partial charge on any atom is -0.454 e. The number of carbonyl (C=O) groups excluding carboxylic acids is 2. The number of nitrogens with zero attached hydrogens (tertiary/aromatic N) is 1. The maximum Gasteiger partial charge on any atom is 0.387 e. The Morgan fingerprint density at radius 2 is 1.87 bits per heavy atom. The van der Waals surface area contributed by atoms with Crippen molar-refractivity contribution in [2.45, 2.75) is 38.6 Å². The van der Waals surface area contributed by atoms with Gasteiger partial charge in [-0.2, -0.15) is 8.78 Å². The molecule has 1 N–H and O–H groups in total. The normalized spacial score (nSPS) is 17.5. The Balaban J connectivity index is 1.36. The standard InChI is InChI=1S/C21H20F2N2O5/c22-21(23)30-15-4-1-13(2-5-15)11-25-16(6-8-19(25)26)20(27)24-10-14-3-7-17-18(9-14)29-12-28-17/h1-5,7,9,16,21H,6,8,10-12H2,(H,24,27). The van der Waals surface area contributed by atoms with Crippen molar-refractivity contribution in [3.63, 3.8) is 0 Å². The fraction of sp³-hybridized carbons (Fsp3) is 0.333. The van der Waals surface area contributed by atoms with Crippen molar-refractivity contribution in [3.05, 3.63) is 53.6 Å². The Morgan fingerprint density at radius 3 is 2.63 bits per heavy atom. The fourth-order valence-electron chi connectivity index (χ4n) is 3.54. The van der Waals surface area contributed by atoms with E-state index in [1.807, 2.05) is 12.1 Å². The molecule has 1 unspecified atom stereocenters. The highest BCUT2D eigenvalue weighted by Crippen LogP contribution is 2.32. The van der Waals surface area contributed by atoms with Crippen LogP contribution in [-0.2, 0) is 22.7 Å². The zero-order chi connectivity index (χ0) is 21.1. The van der Waals surface area contributed by atoms with Crippen molar-refractivity contribution in [2.24, 2.45) is 0 Å². The molecule has 2 aliphatic heterocycles. The van der Waals surface area contributed by atoms with Crippen LogP contribution in [0.4, 0.5) is 8.78 Å². The average molecular weight is 418 g/mol. The Hall–Kier alpha value is -3.36. The molecule has 0 radical (unpaired) electrons. The Morgan fingerprint density at radius 1 is 1.13 bits per heavy atom. The minimum atomic E-state index is -2.89. The fourth-order valence-corrected chi connectivity index (χ4v) is 3.54. The first-order valence-corrected chi connectivity index (χ1v) is 9.49. The lowest BCUT2D eigenvalue weighted by Gasteiger charge is -2.24. The van der Waals surface area contributed by atoms with E-state index in [0.29, 0.717) is 24.5 Å². The molecule has 2 amide bonds. The van der Waals surface area contributed by atoms with Crippen LogP contribution in [0.1, 0.15) is 24.0 Å². The number of hydrogen-bond acceptors (Lipinski definition) is 5. The van der Waals surface area contributed by atoms with Gasteiger partial charge in [0.1, 0.15) is 11.8 Å². The number of rotatable bonds is 7. The Bertz CT molecular complexity index is 935. The summed E-state index contributed by atoms with van der Waals surface area (Å²) in [5.41, 5.74) is 1.58. The smallest absolute Gasteiger partial charge is 0.387 e. The van der Waals surface area contributed by atoms with Gasteiger partial charge < -0.3 is 24.4 Å². The summed E-state index contributed by atoms with van der Waals surface area (Å²) >= 11 is 0. The summed E-state index contributed by atoms with van der Waals surface area (Å²) in [4.78, 5) is 26.5. The van der Waals surface area contributed by atoms with Crippen molar-refractivity contribution >= 4 is 11.8 Å². The van der Waals surface area contributed by atoms with Gasteiger partial charge in [0, 0.05) is 19.5 Å². The molecule has 1 atom stereocenters. The summed E-state index contributed by atoms with van der Waals surface area (Å²) < 4.78 is 39.5. The molecule has 0 bridgehead atoms. The number of halogens is 2. The highest BCUT2D eigenvalue weighted by atomic mass is 19.3. The van der Waals surface area contributed by atoms with Gasteiger partial charge in [-0.25, -0.2) is 0 Å². The van der Waals surface area contributed by atoms with E-state index in [2.05, 4.69) is 10.1 Å². The Labute approximate surface area is 171 Å². The molecule has 2 aromatic rings. The van der Waals surface area contributed by atoms with Crippen LogP contribution in [0.3, 0.4) is 0 Å². The molecule has 7 nitrogen and oxygen atoms in total. The summed E-state index contributed by atoms with van der Waals surface area (Å²) in [6, 6.07) is 10.9. The number of hydrogen-bond donors (Lipinski definition) is 1. The zero-order valence-corrected chi connectivity index (χ0v) is 16.0. The predicted octanol–water partition coefficient (Wildman–Crippen LogP) is 2.82. The Kier molecular flexibility index (Phi) is 5.69. The van der Waals surface area contributed by atoms with Crippen LogP contribution in [0.5, 0.6) is 17.2 Å². The van der Waals surface area contributed by atoms with Gasteiger partial charge in [0.15, 0.2) is 11.5 Å². The average Bonchev–Trinajstić information content (AvgIpc) is 3.34. The number of likely N-dealkylation sites (tertiary alicyclic amines) is 1. The summed E-state index contributed by atoms with van der Waals surface area (Å²) in [5, 5.41) is 2.87. The number of fused-ring (bicyclic) bond motifs is 1. The van der Waals surface area contributed by atoms with Crippen LogP contribution in [0.15, 0.2) is 42.5 Å². The van der Waals surface area contributed by atoms with Crippen molar-refractivity contribution in [1.82, 2.24) is 10.2 Å². The van der Waals surface area contributed by atoms with Crippen LogP contribution in [0, 0.1) is 0 Å². The maximum atomic E-state index is 12.7. The second kappa shape index (κ2) is 8.56. The second-order valence-corrected chi connectivity index (χ2v) is 7.00. The van der Waals surface area contributed by atoms with Crippen LogP contribution >= 0.6 is 0 Å². The summed E-state index contributed by atoms with van der Waals surface area (Å²) in [6.07, 6.45) is 0.715. The zero-order valence-electron chi connectivity index (χ0n) is 16.0. The third kappa shape index (κ3) is 4.45. The minimum absolute atomic E-state index is 0.0412. The lowest BCUT2D eigenvalue weighted by Crippen LogP contribution is -2.44. The van der Waals surface area contributed by atoms with Gasteiger partial charge in [0.05, 0.1) is 0 Å². The van der Waals surface area contributed by atoms with E-state index in [9.17, 15) is 18.4 Å². The molecule has 2 heterocycles. The third-order valence-electron chi connectivity index (χ3n) is 5.04. The van der Waals surface area contributed by atoms with Crippen LogP contribution in [-0.4, -0.2) is 36.2 Å². The molecule has 4 rings (SSSR count). The third-order valence-corrected chi connectivity index (χ3v) is 5.04. The monoisotopic (exact) mass is 418 g/mol. The highest BCUT2D eigenvalue weighted by molar-refractivity contribution is 5.90. The molecular formula is C21H20F2N2O5. The highest BCUT2D eigenvalue weighted by Gasteiger charge is 2.35. The van der Waals surface area contributed by atoms with Gasteiger partial charge >= 0.3 is 6.61 Å². The van der Waals surface area contributed by atoms with Crippen molar-refractivity contribution < 1.29 is 32.6 Å². The molecular weight excluding hydrogens is 398 g/mol. The number of ether oxygens (including phenoxy) is 3. The molecule has 30 heavy (non-hydrogen) atoms. The quantitative estimate of drug-likeness (QED) is 0.748. The first-order valence-electron chi connectivity index (χ1n) is 9.49. The SMILES string of the molecule is O=C(NCc1ccc2c(c1)OCO2)C1CCC(=O)N1Cc1ccc(OC(F)F)cc1. The van der Waals surface area contributed by atoms with E-state index in [1.165, 1.54) is 17.0 Å². The molecule has 0 saturated carbocycles. The van der Waals surface area contributed by atoms with Crippen molar-refractivity contribution in [2.75, 3.05) is 6.79 Å². The van der Waals surface area contributed by atoms with Gasteiger partial charge in [-0.3, -0.25) is 9.59 Å². The molecule has 0 aliphatic carbocycles. The number of alkyl halides is 2. The van der Waals surface area contributed by atoms with Gasteiger partial charge in [-0.15, -0.1) is 0 Å². The molecule has 0 spiro atoms. The summed E-state index contributed by atoms with van der Waals surface area (Å²) in [5.74, 6) is 0.989. The van der Waals surface area contributed by atoms with E-state index in [4.69, 9.17) is 9.47 Å². The van der Waals surface area contributed by atoms with Crippen molar-refractivity contribution in [1.29, 1.82) is 0 Å². The number of carbonyl (C=O) groups is 2. The maximum absolute atomic E-state index is 12.7. The molecule has 9 heteroatoms. The van der Waals surface area contributed by atoms with Gasteiger partial charge in [-0.1, -0.05) is 18.2 Å². The van der Waals surface area contributed by atoms with Crippen LogP contribution < -0.4 is 19.5 Å². The number of amides is 2. The van der Waals surface area contributed by atoms with E-state index in [1.54, 1.807) is 18.2 Å². The van der Waals surface area contributed by atoms with Gasteiger partial charge in [-0.05, 0) is 41.8 Å². The van der Waals surface area contributed by atoms with Crippen LogP contribution in [0.2, 0.25) is 0 Å². The van der Waals surface area contributed by atoms with Gasteiger partial charge in [0.2, 0.25) is 18.6 Å². The summed E-state index contributed by atoms with van der Waals surface area (Å²) in [6.45, 7) is -2.20. The predicted molar refractivity (Wildman–Crippen MR) is 101 cm³/mol. The van der Waals surface area contributed by atoms with E-state index in [-0.39, 0.29) is 37.3 Å². The molecule has 0 aromatic heterocycles. The molecule has 2 aliphatic rings. The lowest BCUT2D eigenvalue weighted by atomic mass is 10.1. The molecule has 2 aromatic carbocycles. The van der Waals surface area contributed by atoms with E-state index in [0.717, 1.165) is 11.1 Å². The molecule has 1 fully saturated rings. The number of benzene rings is 2. The number of nitrogens with one attached hydrogen (secondary N) is 1. The molecule has 158 valence electrons. The lowest BCUT2D eigenvalue weighted by molar-refractivity contribution is -0.135.